The van der Waals surface area contributed by atoms with Crippen molar-refractivity contribution in [3.8, 4) is 0 Å². The molecule has 7 nitrogen and oxygen atoms in total. The Kier molecular flexibility index (Phi) is 12.0. The lowest BCUT2D eigenvalue weighted by Crippen LogP contribution is -2.42. The number of benzene rings is 1. The fourth-order valence-electron chi connectivity index (χ4n) is 2.94. The fourth-order valence-corrected chi connectivity index (χ4v) is 3.20. The van der Waals surface area contributed by atoms with Crippen LogP contribution in [0.15, 0.2) is 33.7 Å². The maximum Gasteiger partial charge on any atom is 0.251 e. The number of aliphatic imine (C=N–C) groups is 1. The molecule has 0 spiro atoms. The van der Waals surface area contributed by atoms with Crippen molar-refractivity contribution < 1.29 is 14.6 Å². The molecule has 1 aliphatic rings. The van der Waals surface area contributed by atoms with Crippen molar-refractivity contribution in [3.63, 3.8) is 0 Å². The zero-order valence-electron chi connectivity index (χ0n) is 16.2. The van der Waals surface area contributed by atoms with Gasteiger partial charge in [0, 0.05) is 48.3 Å². The number of aliphatic hydroxyl groups excluding tert-OH is 1. The number of carbonyl (C=O) groups excluding carboxylic acids is 1. The van der Waals surface area contributed by atoms with Gasteiger partial charge >= 0.3 is 0 Å². The van der Waals surface area contributed by atoms with Crippen molar-refractivity contribution in [1.29, 1.82) is 0 Å². The molecule has 1 fully saturated rings. The highest BCUT2D eigenvalue weighted by Crippen LogP contribution is 2.32. The van der Waals surface area contributed by atoms with Gasteiger partial charge in [0.2, 0.25) is 0 Å². The highest BCUT2D eigenvalue weighted by molar-refractivity contribution is 14.0. The van der Waals surface area contributed by atoms with Gasteiger partial charge in [-0.25, -0.2) is 0 Å². The molecule has 28 heavy (non-hydrogen) atoms. The van der Waals surface area contributed by atoms with Crippen LogP contribution in [0.5, 0.6) is 0 Å². The Hall–Kier alpha value is -0.910. The summed E-state index contributed by atoms with van der Waals surface area (Å²) in [7, 11) is 0. The van der Waals surface area contributed by atoms with Crippen LogP contribution in [-0.2, 0) is 4.74 Å². The summed E-state index contributed by atoms with van der Waals surface area (Å²) in [5.41, 5.74) is 0.554. The van der Waals surface area contributed by atoms with Crippen LogP contribution >= 0.6 is 39.9 Å². The molecular weight excluding hydrogens is 539 g/mol. The maximum atomic E-state index is 12.1. The number of hydrogen-bond acceptors (Lipinski definition) is 4. The normalized spacial score (nSPS) is 19.0. The van der Waals surface area contributed by atoms with Gasteiger partial charge in [0.15, 0.2) is 5.96 Å². The Labute approximate surface area is 192 Å². The van der Waals surface area contributed by atoms with Gasteiger partial charge in [-0.1, -0.05) is 15.9 Å². The second-order valence-corrected chi connectivity index (χ2v) is 7.58. The first-order valence-corrected chi connectivity index (χ1v) is 10.1. The van der Waals surface area contributed by atoms with Gasteiger partial charge in [-0.15, -0.1) is 24.0 Å². The molecule has 1 atom stereocenters. The lowest BCUT2D eigenvalue weighted by molar-refractivity contribution is 0.0954. The van der Waals surface area contributed by atoms with Crippen LogP contribution in [0, 0.1) is 5.41 Å². The van der Waals surface area contributed by atoms with E-state index < -0.39 is 0 Å². The summed E-state index contributed by atoms with van der Waals surface area (Å²) in [5.74, 6) is 0.607. The first kappa shape index (κ1) is 25.1. The first-order chi connectivity index (χ1) is 13.1. The minimum atomic E-state index is -0.101. The Balaban J connectivity index is 0.00000392. The van der Waals surface area contributed by atoms with E-state index in [2.05, 4.69) is 36.9 Å². The van der Waals surface area contributed by atoms with E-state index in [1.807, 2.05) is 19.1 Å². The predicted molar refractivity (Wildman–Crippen MR) is 125 cm³/mol. The molecule has 1 heterocycles. The number of hydrogen-bond donors (Lipinski definition) is 4. The average molecular weight is 569 g/mol. The smallest absolute Gasteiger partial charge is 0.251 e. The number of amides is 1. The molecule has 1 aromatic carbocycles. The van der Waals surface area contributed by atoms with Gasteiger partial charge in [-0.3, -0.25) is 9.79 Å². The first-order valence-electron chi connectivity index (χ1n) is 9.33. The number of aliphatic hydroxyl groups is 1. The summed E-state index contributed by atoms with van der Waals surface area (Å²) in [6.07, 6.45) is 1.61. The number of halogens is 2. The van der Waals surface area contributed by atoms with Crippen LogP contribution < -0.4 is 16.0 Å². The minimum Gasteiger partial charge on any atom is -0.396 e. The van der Waals surface area contributed by atoms with E-state index in [0.29, 0.717) is 44.2 Å². The molecule has 1 aromatic rings. The Morgan fingerprint density at radius 1 is 1.25 bits per heavy atom. The molecule has 1 saturated heterocycles. The molecule has 0 bridgehead atoms. The molecule has 1 amide bonds. The van der Waals surface area contributed by atoms with Crippen molar-refractivity contribution in [2.75, 3.05) is 46.0 Å². The van der Waals surface area contributed by atoms with Gasteiger partial charge in [0.25, 0.3) is 5.91 Å². The number of guanidine groups is 1. The molecule has 1 aliphatic heterocycles. The molecule has 9 heteroatoms. The van der Waals surface area contributed by atoms with Crippen molar-refractivity contribution in [1.82, 2.24) is 16.0 Å². The number of nitrogens with one attached hydrogen (secondary N) is 3. The van der Waals surface area contributed by atoms with Gasteiger partial charge < -0.3 is 25.8 Å². The number of rotatable bonds is 9. The predicted octanol–water partition coefficient (Wildman–Crippen LogP) is 2.14. The summed E-state index contributed by atoms with van der Waals surface area (Å²) < 4.78 is 6.45. The quantitative estimate of drug-likeness (QED) is 0.158. The fraction of sp³-hybridized carbons (Fsp3) is 0.579. The van der Waals surface area contributed by atoms with E-state index in [1.165, 1.54) is 0 Å². The van der Waals surface area contributed by atoms with Crippen molar-refractivity contribution in [2.45, 2.75) is 19.8 Å². The summed E-state index contributed by atoms with van der Waals surface area (Å²) in [6, 6.07) is 7.25. The van der Waals surface area contributed by atoms with Crippen LogP contribution in [0.1, 0.15) is 30.1 Å². The molecule has 0 radical (unpaired) electrons. The van der Waals surface area contributed by atoms with E-state index in [4.69, 9.17) is 4.74 Å². The maximum absolute atomic E-state index is 12.1. The van der Waals surface area contributed by atoms with Gasteiger partial charge in [-0.2, -0.15) is 0 Å². The lowest BCUT2D eigenvalue weighted by Gasteiger charge is -2.24. The van der Waals surface area contributed by atoms with Crippen LogP contribution in [0.3, 0.4) is 0 Å². The monoisotopic (exact) mass is 568 g/mol. The third kappa shape index (κ3) is 8.22. The van der Waals surface area contributed by atoms with E-state index in [-0.39, 0.29) is 41.9 Å². The summed E-state index contributed by atoms with van der Waals surface area (Å²) in [6.45, 7) is 5.93. The third-order valence-electron chi connectivity index (χ3n) is 4.55. The highest BCUT2D eigenvalue weighted by Gasteiger charge is 2.34. The van der Waals surface area contributed by atoms with E-state index >= 15 is 0 Å². The summed E-state index contributed by atoms with van der Waals surface area (Å²) in [5, 5.41) is 18.6. The average Bonchev–Trinajstić information content (AvgIpc) is 3.12. The Morgan fingerprint density at radius 2 is 1.96 bits per heavy atom. The Morgan fingerprint density at radius 3 is 2.57 bits per heavy atom. The standard InChI is InChI=1S/C19H29BrN4O3.HI/c1-2-21-18(24-13-19(7-11-25)8-12-27-14-19)23-10-9-22-17(26)15-3-5-16(20)6-4-15;/h3-6,25H,2,7-14H2,1H3,(H,22,26)(H2,21,23,24);1H. The highest BCUT2D eigenvalue weighted by atomic mass is 127. The zero-order valence-corrected chi connectivity index (χ0v) is 20.1. The zero-order chi connectivity index (χ0) is 19.5. The molecule has 0 aliphatic carbocycles. The van der Waals surface area contributed by atoms with E-state index in [1.54, 1.807) is 12.1 Å². The minimum absolute atomic E-state index is 0. The number of nitrogens with zero attached hydrogens (tertiary/aromatic N) is 1. The SMILES string of the molecule is CCNC(=NCC1(CCO)CCOC1)NCCNC(=O)c1ccc(Br)cc1.I. The van der Waals surface area contributed by atoms with Crippen molar-refractivity contribution in [3.05, 3.63) is 34.3 Å². The molecular formula is C19H30BrIN4O3. The molecule has 4 N–H and O–H groups in total. The molecule has 2 rings (SSSR count). The number of carbonyl (C=O) groups is 1. The number of ether oxygens (including phenoxy) is 1. The van der Waals surface area contributed by atoms with Crippen molar-refractivity contribution >= 4 is 51.8 Å². The second kappa shape index (κ2) is 13.3. The van der Waals surface area contributed by atoms with Gasteiger partial charge in [-0.05, 0) is 44.0 Å². The van der Waals surface area contributed by atoms with Crippen LogP contribution in [0.2, 0.25) is 0 Å². The molecule has 0 saturated carbocycles. The van der Waals surface area contributed by atoms with Crippen LogP contribution in [0.25, 0.3) is 0 Å². The second-order valence-electron chi connectivity index (χ2n) is 6.66. The topological polar surface area (TPSA) is 95.0 Å². The van der Waals surface area contributed by atoms with Gasteiger partial charge in [0.05, 0.1) is 13.2 Å². The van der Waals surface area contributed by atoms with Gasteiger partial charge in [0.1, 0.15) is 0 Å². The van der Waals surface area contributed by atoms with Crippen LogP contribution in [0.4, 0.5) is 0 Å². The van der Waals surface area contributed by atoms with E-state index in [0.717, 1.165) is 24.0 Å². The lowest BCUT2D eigenvalue weighted by atomic mass is 9.84. The molecule has 0 aromatic heterocycles. The third-order valence-corrected chi connectivity index (χ3v) is 5.08. The summed E-state index contributed by atoms with van der Waals surface area (Å²) in [4.78, 5) is 16.8. The summed E-state index contributed by atoms with van der Waals surface area (Å²) >= 11 is 3.36. The van der Waals surface area contributed by atoms with Crippen molar-refractivity contribution in [2.24, 2.45) is 10.4 Å². The Bertz CT molecular complexity index is 622. The van der Waals surface area contributed by atoms with E-state index in [9.17, 15) is 9.90 Å². The van der Waals surface area contributed by atoms with Crippen LogP contribution in [-0.4, -0.2) is 63.0 Å². The molecule has 158 valence electrons. The molecule has 1 unspecified atom stereocenters. The largest absolute Gasteiger partial charge is 0.396 e.